The van der Waals surface area contributed by atoms with Crippen molar-refractivity contribution >= 4 is 5.97 Å². The maximum absolute atomic E-state index is 13.4. The number of esters is 1. The van der Waals surface area contributed by atoms with Crippen LogP contribution in [-0.4, -0.2) is 54.9 Å². The summed E-state index contributed by atoms with van der Waals surface area (Å²) in [6.45, 7) is 2.85. The fourth-order valence-electron chi connectivity index (χ4n) is 4.74. The Morgan fingerprint density at radius 3 is 2.57 bits per heavy atom. The van der Waals surface area contributed by atoms with Crippen LogP contribution in [0.4, 0.5) is 4.39 Å². The molecule has 0 bridgehead atoms. The molecule has 0 spiro atoms. The van der Waals surface area contributed by atoms with Crippen molar-refractivity contribution < 1.29 is 23.8 Å². The molecule has 4 atom stereocenters. The molecule has 1 saturated heterocycles. The first kappa shape index (κ1) is 20.8. The third-order valence-electron chi connectivity index (χ3n) is 6.33. The number of hydrogen-bond acceptors (Lipinski definition) is 5. The summed E-state index contributed by atoms with van der Waals surface area (Å²) in [4.78, 5) is 14.0. The molecule has 2 aromatic carbocycles. The molecule has 1 heterocycles. The van der Waals surface area contributed by atoms with Crippen molar-refractivity contribution in [3.05, 3.63) is 65.5 Å². The van der Waals surface area contributed by atoms with Gasteiger partial charge in [-0.2, -0.15) is 0 Å². The first-order chi connectivity index (χ1) is 14.5. The van der Waals surface area contributed by atoms with Gasteiger partial charge in [0, 0.05) is 19.6 Å². The van der Waals surface area contributed by atoms with Crippen LogP contribution in [0.3, 0.4) is 0 Å². The van der Waals surface area contributed by atoms with Gasteiger partial charge < -0.3 is 19.5 Å². The van der Waals surface area contributed by atoms with Crippen LogP contribution in [0.15, 0.2) is 48.5 Å². The number of aliphatic hydroxyl groups excluding tert-OH is 1. The minimum atomic E-state index is -0.505. The Morgan fingerprint density at radius 1 is 1.13 bits per heavy atom. The van der Waals surface area contributed by atoms with E-state index in [0.29, 0.717) is 23.1 Å². The minimum absolute atomic E-state index is 0.190. The van der Waals surface area contributed by atoms with E-state index in [1.54, 1.807) is 36.4 Å². The van der Waals surface area contributed by atoms with Gasteiger partial charge in [-0.1, -0.05) is 12.1 Å². The van der Waals surface area contributed by atoms with Gasteiger partial charge in [-0.3, -0.25) is 0 Å². The number of hydrogen-bond donors (Lipinski definition) is 1. The molecule has 0 unspecified atom stereocenters. The smallest absolute Gasteiger partial charge is 0.337 e. The van der Waals surface area contributed by atoms with E-state index in [1.807, 2.05) is 6.07 Å². The van der Waals surface area contributed by atoms with E-state index < -0.39 is 6.10 Å². The fraction of sp³-hybridized carbons (Fsp3) is 0.458. The fourth-order valence-corrected chi connectivity index (χ4v) is 4.74. The number of carbonyl (C=O) groups is 1. The zero-order valence-electron chi connectivity index (χ0n) is 17.2. The highest BCUT2D eigenvalue weighted by Gasteiger charge is 2.42. The standard InChI is InChI=1S/C24H28FNO4/c1-29-24(28)17-5-7-21(8-6-17)30-23-13-19-15-26(14-18(19)12-22(23)27)10-9-16-3-2-4-20(25)11-16/h2-8,11,18-19,22-23,27H,9-10,12-15H2,1H3/t18-,19+,22-,23-/m0/s1. The molecular formula is C24H28FNO4. The summed E-state index contributed by atoms with van der Waals surface area (Å²) in [7, 11) is 1.35. The Labute approximate surface area is 176 Å². The Hall–Kier alpha value is -2.44. The van der Waals surface area contributed by atoms with Crippen LogP contribution in [-0.2, 0) is 11.2 Å². The molecule has 30 heavy (non-hydrogen) atoms. The predicted molar refractivity (Wildman–Crippen MR) is 111 cm³/mol. The van der Waals surface area contributed by atoms with Crippen molar-refractivity contribution in [2.75, 3.05) is 26.7 Å². The van der Waals surface area contributed by atoms with E-state index in [-0.39, 0.29) is 17.9 Å². The molecule has 2 fully saturated rings. The lowest BCUT2D eigenvalue weighted by molar-refractivity contribution is -0.0231. The first-order valence-corrected chi connectivity index (χ1v) is 10.5. The highest BCUT2D eigenvalue weighted by molar-refractivity contribution is 5.89. The average molecular weight is 413 g/mol. The zero-order chi connectivity index (χ0) is 21.1. The number of likely N-dealkylation sites (tertiary alicyclic amines) is 1. The van der Waals surface area contributed by atoms with Gasteiger partial charge in [0.1, 0.15) is 17.7 Å². The molecule has 1 N–H and O–H groups in total. The van der Waals surface area contributed by atoms with Gasteiger partial charge in [-0.25, -0.2) is 9.18 Å². The monoisotopic (exact) mass is 413 g/mol. The Kier molecular flexibility index (Phi) is 6.35. The lowest BCUT2D eigenvalue weighted by Gasteiger charge is -2.35. The number of halogens is 1. The Morgan fingerprint density at radius 2 is 1.87 bits per heavy atom. The van der Waals surface area contributed by atoms with Crippen molar-refractivity contribution in [3.63, 3.8) is 0 Å². The molecule has 160 valence electrons. The lowest BCUT2D eigenvalue weighted by atomic mass is 9.78. The SMILES string of the molecule is COC(=O)c1ccc(O[C@H]2C[C@@H]3CN(CCc4cccc(F)c4)C[C@@H]3C[C@@H]2O)cc1. The summed E-state index contributed by atoms with van der Waals surface area (Å²) in [5.74, 6) is 1.03. The highest BCUT2D eigenvalue weighted by Crippen LogP contribution is 2.38. The number of carbonyl (C=O) groups excluding carboxylic acids is 1. The van der Waals surface area contributed by atoms with Crippen LogP contribution in [0.5, 0.6) is 5.75 Å². The van der Waals surface area contributed by atoms with Gasteiger partial charge in [0.05, 0.1) is 18.8 Å². The number of nitrogens with zero attached hydrogens (tertiary/aromatic N) is 1. The maximum atomic E-state index is 13.4. The zero-order valence-corrected chi connectivity index (χ0v) is 17.2. The van der Waals surface area contributed by atoms with Gasteiger partial charge in [-0.15, -0.1) is 0 Å². The van der Waals surface area contributed by atoms with Crippen LogP contribution in [0.2, 0.25) is 0 Å². The van der Waals surface area contributed by atoms with E-state index in [0.717, 1.165) is 44.5 Å². The molecule has 1 saturated carbocycles. The van der Waals surface area contributed by atoms with Gasteiger partial charge in [0.15, 0.2) is 0 Å². The van der Waals surface area contributed by atoms with E-state index >= 15 is 0 Å². The second-order valence-corrected chi connectivity index (χ2v) is 8.37. The van der Waals surface area contributed by atoms with Crippen LogP contribution in [0.25, 0.3) is 0 Å². The molecule has 5 nitrogen and oxygen atoms in total. The van der Waals surface area contributed by atoms with Crippen LogP contribution >= 0.6 is 0 Å². The third-order valence-corrected chi connectivity index (χ3v) is 6.33. The number of methoxy groups -OCH3 is 1. The van der Waals surface area contributed by atoms with Crippen LogP contribution in [0, 0.1) is 17.7 Å². The summed E-state index contributed by atoms with van der Waals surface area (Å²) in [5.41, 5.74) is 1.49. The summed E-state index contributed by atoms with van der Waals surface area (Å²) >= 11 is 0. The Bertz CT molecular complexity index is 872. The maximum Gasteiger partial charge on any atom is 0.337 e. The number of aliphatic hydroxyl groups is 1. The summed E-state index contributed by atoms with van der Waals surface area (Å²) in [6.07, 6.45) is 1.60. The molecule has 1 aliphatic carbocycles. The van der Waals surface area contributed by atoms with Gasteiger partial charge in [0.2, 0.25) is 0 Å². The summed E-state index contributed by atoms with van der Waals surface area (Å²) < 4.78 is 24.1. The van der Waals surface area contributed by atoms with Crippen molar-refractivity contribution in [1.82, 2.24) is 4.90 Å². The highest BCUT2D eigenvalue weighted by atomic mass is 19.1. The lowest BCUT2D eigenvalue weighted by Crippen LogP contribution is -2.42. The number of fused-ring (bicyclic) bond motifs is 1. The molecule has 2 aromatic rings. The van der Waals surface area contributed by atoms with Crippen molar-refractivity contribution in [2.45, 2.75) is 31.5 Å². The topological polar surface area (TPSA) is 59.0 Å². The molecule has 0 radical (unpaired) electrons. The van der Waals surface area contributed by atoms with Gasteiger partial charge in [0.25, 0.3) is 0 Å². The normalized spacial score (nSPS) is 26.2. The minimum Gasteiger partial charge on any atom is -0.488 e. The first-order valence-electron chi connectivity index (χ1n) is 10.5. The molecule has 4 rings (SSSR count). The van der Waals surface area contributed by atoms with Crippen molar-refractivity contribution in [3.8, 4) is 5.75 Å². The largest absolute Gasteiger partial charge is 0.488 e. The predicted octanol–water partition coefficient (Wildman–Crippen LogP) is 3.31. The summed E-state index contributed by atoms with van der Waals surface area (Å²) in [6, 6.07) is 13.6. The van der Waals surface area contributed by atoms with Crippen LogP contribution < -0.4 is 4.74 Å². The van der Waals surface area contributed by atoms with Gasteiger partial charge >= 0.3 is 5.97 Å². The van der Waals surface area contributed by atoms with E-state index in [1.165, 1.54) is 13.2 Å². The summed E-state index contributed by atoms with van der Waals surface area (Å²) in [5, 5.41) is 10.6. The molecule has 2 aliphatic rings. The molecule has 0 aromatic heterocycles. The second-order valence-electron chi connectivity index (χ2n) is 8.37. The van der Waals surface area contributed by atoms with E-state index in [2.05, 4.69) is 4.90 Å². The molecule has 0 amide bonds. The van der Waals surface area contributed by atoms with Crippen molar-refractivity contribution in [1.29, 1.82) is 0 Å². The quantitative estimate of drug-likeness (QED) is 0.737. The number of ether oxygens (including phenoxy) is 2. The third kappa shape index (κ3) is 4.82. The van der Waals surface area contributed by atoms with Gasteiger partial charge in [-0.05, 0) is 73.1 Å². The van der Waals surface area contributed by atoms with E-state index in [4.69, 9.17) is 9.47 Å². The Balaban J connectivity index is 1.31. The number of rotatable bonds is 6. The van der Waals surface area contributed by atoms with Crippen LogP contribution in [0.1, 0.15) is 28.8 Å². The van der Waals surface area contributed by atoms with E-state index in [9.17, 15) is 14.3 Å². The molecule has 6 heteroatoms. The molecular weight excluding hydrogens is 385 g/mol. The number of benzene rings is 2. The second kappa shape index (κ2) is 9.14. The molecule has 1 aliphatic heterocycles. The average Bonchev–Trinajstić information content (AvgIpc) is 3.14. The van der Waals surface area contributed by atoms with Crippen molar-refractivity contribution in [2.24, 2.45) is 11.8 Å².